The fraction of sp³-hybridized carbons (Fsp3) is 0.500. The van der Waals surface area contributed by atoms with Crippen LogP contribution < -0.4 is 10.3 Å². The molecule has 192 valence electrons. The first-order chi connectivity index (χ1) is 16.5. The Morgan fingerprint density at radius 2 is 1.69 bits per heavy atom. The van der Waals surface area contributed by atoms with Crippen molar-refractivity contribution < 1.29 is 9.90 Å². The van der Waals surface area contributed by atoms with Crippen molar-refractivity contribution in [2.75, 3.05) is 52.2 Å². The Balaban J connectivity index is 1.69. The second-order valence-corrected chi connectivity index (χ2v) is 10.3. The lowest BCUT2D eigenvalue weighted by molar-refractivity contribution is -0.121. The third-order valence-electron chi connectivity index (χ3n) is 6.09. The molecule has 0 aliphatic rings. The summed E-state index contributed by atoms with van der Waals surface area (Å²) in [5, 5.41) is 14.2. The minimum Gasteiger partial charge on any atom is -0.507 e. The molecule has 2 aromatic carbocycles. The van der Waals surface area contributed by atoms with Crippen LogP contribution in [0.1, 0.15) is 50.8 Å². The standard InChI is InChI=1S/C28H43N5O2/c1-8-33(7)25-15-12-23(26(34)18-25)19-29-30-27(35)21-32(6)17-9-16-31(5)20-22-10-13-24(14-11-22)28(2,3)4/h10-15,18-19,34H,8-9,16-17,20-21H2,1-7H3,(H,30,35)/b29-19+. The van der Waals surface area contributed by atoms with Crippen molar-refractivity contribution in [1.29, 1.82) is 0 Å². The van der Waals surface area contributed by atoms with Crippen LogP contribution in [0.2, 0.25) is 0 Å². The highest BCUT2D eigenvalue weighted by Crippen LogP contribution is 2.23. The predicted octanol–water partition coefficient (Wildman–Crippen LogP) is 4.05. The van der Waals surface area contributed by atoms with Gasteiger partial charge in [-0.2, -0.15) is 5.10 Å². The topological polar surface area (TPSA) is 71.4 Å². The Morgan fingerprint density at radius 3 is 2.29 bits per heavy atom. The quantitative estimate of drug-likeness (QED) is 0.354. The van der Waals surface area contributed by atoms with E-state index in [9.17, 15) is 9.90 Å². The number of anilines is 1. The van der Waals surface area contributed by atoms with E-state index >= 15 is 0 Å². The van der Waals surface area contributed by atoms with E-state index in [0.717, 1.165) is 38.3 Å². The molecule has 2 rings (SSSR count). The summed E-state index contributed by atoms with van der Waals surface area (Å²) in [4.78, 5) is 18.5. The van der Waals surface area contributed by atoms with E-state index in [1.54, 1.807) is 12.1 Å². The van der Waals surface area contributed by atoms with Crippen LogP contribution in [0.15, 0.2) is 47.6 Å². The van der Waals surface area contributed by atoms with E-state index in [2.05, 4.69) is 67.5 Å². The zero-order chi connectivity index (χ0) is 26.0. The molecular weight excluding hydrogens is 438 g/mol. The number of benzene rings is 2. The van der Waals surface area contributed by atoms with Gasteiger partial charge in [0, 0.05) is 37.5 Å². The van der Waals surface area contributed by atoms with Gasteiger partial charge in [0.15, 0.2) is 0 Å². The predicted molar refractivity (Wildman–Crippen MR) is 146 cm³/mol. The van der Waals surface area contributed by atoms with Gasteiger partial charge >= 0.3 is 0 Å². The third kappa shape index (κ3) is 9.70. The number of hydrazone groups is 1. The van der Waals surface area contributed by atoms with Gasteiger partial charge in [0.05, 0.1) is 12.8 Å². The molecule has 0 saturated carbocycles. The lowest BCUT2D eigenvalue weighted by Gasteiger charge is -2.21. The van der Waals surface area contributed by atoms with Crippen LogP contribution >= 0.6 is 0 Å². The summed E-state index contributed by atoms with van der Waals surface area (Å²) in [5.74, 6) is -0.0509. The first-order valence-electron chi connectivity index (χ1n) is 12.3. The number of likely N-dealkylation sites (N-methyl/N-ethyl adjacent to an activating group) is 1. The smallest absolute Gasteiger partial charge is 0.254 e. The molecule has 0 aliphatic carbocycles. The molecule has 35 heavy (non-hydrogen) atoms. The number of aromatic hydroxyl groups is 1. The second kappa shape index (κ2) is 13.3. The average Bonchev–Trinajstić information content (AvgIpc) is 2.79. The van der Waals surface area contributed by atoms with E-state index in [4.69, 9.17) is 0 Å². The largest absolute Gasteiger partial charge is 0.507 e. The summed E-state index contributed by atoms with van der Waals surface area (Å²) in [6, 6.07) is 14.3. The zero-order valence-electron chi connectivity index (χ0n) is 22.5. The van der Waals surface area contributed by atoms with Crippen LogP contribution in [0.5, 0.6) is 5.75 Å². The summed E-state index contributed by atoms with van der Waals surface area (Å²) in [7, 11) is 6.02. The molecule has 0 aromatic heterocycles. The molecule has 0 atom stereocenters. The second-order valence-electron chi connectivity index (χ2n) is 10.3. The van der Waals surface area contributed by atoms with Crippen LogP contribution in [0, 0.1) is 0 Å². The minimum absolute atomic E-state index is 0.132. The maximum atomic E-state index is 12.2. The Kier molecular flexibility index (Phi) is 10.7. The van der Waals surface area contributed by atoms with Crippen molar-refractivity contribution in [3.8, 4) is 5.75 Å². The molecule has 0 aliphatic heterocycles. The molecule has 7 heteroatoms. The van der Waals surface area contributed by atoms with Gasteiger partial charge in [-0.05, 0) is 69.2 Å². The highest BCUT2D eigenvalue weighted by Gasteiger charge is 2.13. The number of phenols is 1. The number of carbonyl (C=O) groups excluding carboxylic acids is 1. The van der Waals surface area contributed by atoms with Gasteiger partial charge in [-0.1, -0.05) is 45.0 Å². The summed E-state index contributed by atoms with van der Waals surface area (Å²) < 4.78 is 0. The highest BCUT2D eigenvalue weighted by atomic mass is 16.3. The Hall–Kier alpha value is -2.90. The number of carbonyl (C=O) groups is 1. The lowest BCUT2D eigenvalue weighted by atomic mass is 9.87. The van der Waals surface area contributed by atoms with Crippen molar-refractivity contribution >= 4 is 17.8 Å². The summed E-state index contributed by atoms with van der Waals surface area (Å²) in [6.45, 7) is 12.5. The van der Waals surface area contributed by atoms with Crippen LogP contribution in [-0.2, 0) is 16.8 Å². The van der Waals surface area contributed by atoms with Crippen molar-refractivity contribution in [2.24, 2.45) is 5.10 Å². The van der Waals surface area contributed by atoms with Crippen molar-refractivity contribution in [3.05, 3.63) is 59.2 Å². The van der Waals surface area contributed by atoms with Gasteiger partial charge < -0.3 is 14.9 Å². The van der Waals surface area contributed by atoms with E-state index in [-0.39, 0.29) is 23.6 Å². The van der Waals surface area contributed by atoms with Crippen LogP contribution in [0.4, 0.5) is 5.69 Å². The van der Waals surface area contributed by atoms with Crippen molar-refractivity contribution in [3.63, 3.8) is 0 Å². The van der Waals surface area contributed by atoms with Gasteiger partial charge in [0.25, 0.3) is 5.91 Å². The molecule has 7 nitrogen and oxygen atoms in total. The Labute approximate surface area is 211 Å². The molecule has 0 fully saturated rings. The molecule has 0 unspecified atom stereocenters. The Morgan fingerprint density at radius 1 is 1.03 bits per heavy atom. The molecule has 2 N–H and O–H groups in total. The first-order valence-corrected chi connectivity index (χ1v) is 12.3. The number of hydrogen-bond acceptors (Lipinski definition) is 6. The fourth-order valence-electron chi connectivity index (χ4n) is 3.71. The first kappa shape index (κ1) is 28.3. The van der Waals surface area contributed by atoms with Crippen molar-refractivity contribution in [1.82, 2.24) is 15.2 Å². The maximum absolute atomic E-state index is 12.2. The number of hydrogen-bond donors (Lipinski definition) is 2. The third-order valence-corrected chi connectivity index (χ3v) is 6.09. The van der Waals surface area contributed by atoms with Crippen LogP contribution in [-0.4, -0.2) is 74.4 Å². The van der Waals surface area contributed by atoms with Gasteiger partial charge in [0.1, 0.15) is 5.75 Å². The molecular formula is C28H43N5O2. The summed E-state index contributed by atoms with van der Waals surface area (Å²) >= 11 is 0. The molecule has 0 bridgehead atoms. The number of nitrogens with zero attached hydrogens (tertiary/aromatic N) is 4. The average molecular weight is 482 g/mol. The van der Waals surface area contributed by atoms with Crippen molar-refractivity contribution in [2.45, 2.75) is 46.1 Å². The maximum Gasteiger partial charge on any atom is 0.254 e. The van der Waals surface area contributed by atoms with Crippen LogP contribution in [0.25, 0.3) is 0 Å². The Bertz CT molecular complexity index is 966. The van der Waals surface area contributed by atoms with Gasteiger partial charge in [-0.3, -0.25) is 9.69 Å². The van der Waals surface area contributed by atoms with E-state index in [1.165, 1.54) is 17.3 Å². The normalized spacial score (nSPS) is 12.0. The molecule has 2 aromatic rings. The zero-order valence-corrected chi connectivity index (χ0v) is 22.5. The summed E-state index contributed by atoms with van der Waals surface area (Å²) in [6.07, 6.45) is 2.43. The number of amides is 1. The number of nitrogens with one attached hydrogen (secondary N) is 1. The molecule has 0 saturated heterocycles. The minimum atomic E-state index is -0.183. The van der Waals surface area contributed by atoms with Gasteiger partial charge in [-0.25, -0.2) is 5.43 Å². The fourth-order valence-corrected chi connectivity index (χ4v) is 3.71. The van der Waals surface area contributed by atoms with Gasteiger partial charge in [0.2, 0.25) is 0 Å². The molecule has 1 amide bonds. The van der Waals surface area contributed by atoms with E-state index in [0.29, 0.717) is 5.56 Å². The highest BCUT2D eigenvalue weighted by molar-refractivity contribution is 5.86. The molecule has 0 spiro atoms. The molecule has 0 heterocycles. The van der Waals surface area contributed by atoms with E-state index in [1.807, 2.05) is 36.9 Å². The van der Waals surface area contributed by atoms with E-state index < -0.39 is 0 Å². The SMILES string of the molecule is CCN(C)c1ccc(/C=N/NC(=O)CN(C)CCCN(C)Cc2ccc(C(C)(C)C)cc2)c(O)c1. The monoisotopic (exact) mass is 481 g/mol. The summed E-state index contributed by atoms with van der Waals surface area (Å²) in [5.41, 5.74) is 6.86. The van der Waals surface area contributed by atoms with Gasteiger partial charge in [-0.15, -0.1) is 0 Å². The number of rotatable bonds is 12. The lowest BCUT2D eigenvalue weighted by Crippen LogP contribution is -2.34. The van der Waals surface area contributed by atoms with Crippen LogP contribution in [0.3, 0.4) is 0 Å². The molecule has 0 radical (unpaired) electrons. The number of phenolic OH excluding ortho intramolecular Hbond substituents is 1.